The fraction of sp³-hybridized carbons (Fsp3) is 0.333. The minimum atomic E-state index is -0.361. The van der Waals surface area contributed by atoms with Crippen LogP contribution in [0.4, 0.5) is 10.4 Å². The largest absolute Gasteiger partial charge is 0.424 e. The van der Waals surface area contributed by atoms with E-state index in [1.165, 1.54) is 16.9 Å². The van der Waals surface area contributed by atoms with Crippen molar-refractivity contribution in [3.8, 4) is 5.69 Å². The molecule has 1 fully saturated rings. The predicted molar refractivity (Wildman–Crippen MR) is 122 cm³/mol. The number of piperidine rings is 1. The van der Waals surface area contributed by atoms with Gasteiger partial charge >= 0.3 is 0 Å². The van der Waals surface area contributed by atoms with Crippen molar-refractivity contribution in [1.82, 2.24) is 24.9 Å². The van der Waals surface area contributed by atoms with E-state index in [-0.39, 0.29) is 23.7 Å². The maximum absolute atomic E-state index is 13.8. The van der Waals surface area contributed by atoms with E-state index in [4.69, 9.17) is 4.42 Å². The number of carbonyl (C=O) groups excluding carboxylic acids is 1. The van der Waals surface area contributed by atoms with Gasteiger partial charge in [0.1, 0.15) is 17.0 Å². The summed E-state index contributed by atoms with van der Waals surface area (Å²) in [7, 11) is 0. The van der Waals surface area contributed by atoms with Crippen LogP contribution >= 0.6 is 0 Å². The summed E-state index contributed by atoms with van der Waals surface area (Å²) >= 11 is 0. The number of fused-ring (bicyclic) bond motifs is 1. The van der Waals surface area contributed by atoms with Crippen molar-refractivity contribution in [1.29, 1.82) is 0 Å². The standard InChI is InChI=1S/C24H25FN6O2/c1-15-6-4-12-30(20(15)14-26-24-29-19-13-17(25)8-9-21(19)33-24)23(32)18-7-3-5-16(2)22(18)31-27-10-11-28-31/h3,5,7-11,13,15,20H,4,6,12,14H2,1-2H3,(H,26,29). The number of rotatable bonds is 5. The molecule has 1 aliphatic rings. The van der Waals surface area contributed by atoms with Crippen molar-refractivity contribution < 1.29 is 13.6 Å². The highest BCUT2D eigenvalue weighted by Crippen LogP contribution is 2.28. The number of amides is 1. The Kier molecular flexibility index (Phi) is 5.53. The number of benzene rings is 2. The first-order valence-electron chi connectivity index (χ1n) is 11.1. The summed E-state index contributed by atoms with van der Waals surface area (Å²) in [6.07, 6.45) is 5.16. The lowest BCUT2D eigenvalue weighted by molar-refractivity contribution is 0.0539. The molecule has 8 nitrogen and oxygen atoms in total. The van der Waals surface area contributed by atoms with E-state index < -0.39 is 0 Å². The van der Waals surface area contributed by atoms with Crippen LogP contribution in [-0.4, -0.2) is 49.9 Å². The van der Waals surface area contributed by atoms with Crippen LogP contribution in [0.3, 0.4) is 0 Å². The summed E-state index contributed by atoms with van der Waals surface area (Å²) in [4.78, 5) is 21.5. The number of oxazole rings is 1. The minimum Gasteiger partial charge on any atom is -0.424 e. The number of para-hydroxylation sites is 1. The molecule has 1 aliphatic heterocycles. The monoisotopic (exact) mass is 448 g/mol. The Morgan fingerprint density at radius 2 is 2.06 bits per heavy atom. The van der Waals surface area contributed by atoms with Gasteiger partial charge in [0.25, 0.3) is 11.9 Å². The second-order valence-corrected chi connectivity index (χ2v) is 8.49. The number of hydrogen-bond acceptors (Lipinski definition) is 6. The lowest BCUT2D eigenvalue weighted by atomic mass is 9.90. The summed E-state index contributed by atoms with van der Waals surface area (Å²) in [6, 6.07) is 10.2. The van der Waals surface area contributed by atoms with Crippen LogP contribution in [0.1, 0.15) is 35.7 Å². The van der Waals surface area contributed by atoms with Gasteiger partial charge in [-0.2, -0.15) is 20.0 Å². The van der Waals surface area contributed by atoms with E-state index in [0.717, 1.165) is 18.4 Å². The molecule has 1 amide bonds. The number of hydrogen-bond donors (Lipinski definition) is 1. The summed E-state index contributed by atoms with van der Waals surface area (Å²) in [6.45, 7) is 5.24. The molecule has 0 spiro atoms. The summed E-state index contributed by atoms with van der Waals surface area (Å²) in [5, 5.41) is 11.7. The Balaban J connectivity index is 1.41. The van der Waals surface area contributed by atoms with E-state index in [2.05, 4.69) is 27.4 Å². The molecule has 2 aromatic heterocycles. The van der Waals surface area contributed by atoms with Gasteiger partial charge in [0, 0.05) is 19.2 Å². The molecule has 1 saturated heterocycles. The average molecular weight is 449 g/mol. The van der Waals surface area contributed by atoms with Crippen molar-refractivity contribution in [2.75, 3.05) is 18.4 Å². The van der Waals surface area contributed by atoms with Crippen LogP contribution in [0.5, 0.6) is 0 Å². The van der Waals surface area contributed by atoms with Gasteiger partial charge in [0.2, 0.25) is 0 Å². The molecule has 33 heavy (non-hydrogen) atoms. The molecule has 9 heteroatoms. The van der Waals surface area contributed by atoms with Gasteiger partial charge in [0.05, 0.1) is 24.0 Å². The first-order chi connectivity index (χ1) is 16.0. The quantitative estimate of drug-likeness (QED) is 0.492. The van der Waals surface area contributed by atoms with Crippen molar-refractivity contribution in [3.05, 3.63) is 65.7 Å². The molecule has 2 aromatic carbocycles. The zero-order valence-electron chi connectivity index (χ0n) is 18.5. The van der Waals surface area contributed by atoms with Crippen molar-refractivity contribution >= 4 is 23.0 Å². The summed E-state index contributed by atoms with van der Waals surface area (Å²) < 4.78 is 19.2. The first-order valence-corrected chi connectivity index (χ1v) is 11.1. The van der Waals surface area contributed by atoms with E-state index >= 15 is 0 Å². The highest BCUT2D eigenvalue weighted by molar-refractivity contribution is 5.98. The molecule has 0 bridgehead atoms. The van der Waals surface area contributed by atoms with Crippen molar-refractivity contribution in [3.63, 3.8) is 0 Å². The molecule has 0 aliphatic carbocycles. The van der Waals surface area contributed by atoms with Gasteiger partial charge < -0.3 is 14.6 Å². The van der Waals surface area contributed by atoms with Crippen LogP contribution in [0.25, 0.3) is 16.8 Å². The van der Waals surface area contributed by atoms with Gasteiger partial charge in [-0.1, -0.05) is 19.1 Å². The maximum atomic E-state index is 13.8. The number of carbonyl (C=O) groups is 1. The molecule has 0 saturated carbocycles. The van der Waals surface area contributed by atoms with Gasteiger partial charge in [0.15, 0.2) is 5.58 Å². The number of nitrogens with one attached hydrogen (secondary N) is 1. The fourth-order valence-electron chi connectivity index (χ4n) is 4.56. The number of likely N-dealkylation sites (tertiary alicyclic amines) is 1. The van der Waals surface area contributed by atoms with Gasteiger partial charge in [-0.3, -0.25) is 4.79 Å². The number of aryl methyl sites for hydroxylation is 1. The molecule has 2 atom stereocenters. The zero-order valence-corrected chi connectivity index (χ0v) is 18.5. The second kappa shape index (κ2) is 8.65. The minimum absolute atomic E-state index is 0.0519. The molecular weight excluding hydrogens is 423 g/mol. The van der Waals surface area contributed by atoms with Gasteiger partial charge in [-0.15, -0.1) is 0 Å². The first kappa shape index (κ1) is 21.1. The smallest absolute Gasteiger partial charge is 0.295 e. The summed E-state index contributed by atoms with van der Waals surface area (Å²) in [5.41, 5.74) is 3.16. The van der Waals surface area contributed by atoms with E-state index in [1.807, 2.05) is 30.0 Å². The molecule has 3 heterocycles. The third-order valence-corrected chi connectivity index (χ3v) is 6.28. The van der Waals surface area contributed by atoms with Crippen LogP contribution in [-0.2, 0) is 0 Å². The van der Waals surface area contributed by atoms with Crippen molar-refractivity contribution in [2.24, 2.45) is 5.92 Å². The highest BCUT2D eigenvalue weighted by atomic mass is 19.1. The predicted octanol–water partition coefficient (Wildman–Crippen LogP) is 4.21. The maximum Gasteiger partial charge on any atom is 0.295 e. The number of aromatic nitrogens is 4. The fourth-order valence-corrected chi connectivity index (χ4v) is 4.56. The number of anilines is 1. The molecule has 2 unspecified atom stereocenters. The van der Waals surface area contributed by atoms with Crippen LogP contribution in [0.15, 0.2) is 53.2 Å². The molecule has 0 radical (unpaired) electrons. The lowest BCUT2D eigenvalue weighted by Crippen LogP contribution is -2.51. The number of halogens is 1. The van der Waals surface area contributed by atoms with E-state index in [9.17, 15) is 9.18 Å². The normalized spacial score (nSPS) is 18.6. The Morgan fingerprint density at radius 3 is 2.88 bits per heavy atom. The van der Waals surface area contributed by atoms with Gasteiger partial charge in [-0.25, -0.2) is 4.39 Å². The zero-order chi connectivity index (χ0) is 22.9. The van der Waals surface area contributed by atoms with Crippen LogP contribution in [0, 0.1) is 18.7 Å². The second-order valence-electron chi connectivity index (χ2n) is 8.49. The van der Waals surface area contributed by atoms with E-state index in [0.29, 0.717) is 41.5 Å². The summed E-state index contributed by atoms with van der Waals surface area (Å²) in [5.74, 6) is -0.127. The third-order valence-electron chi connectivity index (χ3n) is 6.28. The average Bonchev–Trinajstić information content (AvgIpc) is 3.47. The molecule has 4 aromatic rings. The third kappa shape index (κ3) is 4.06. The Bertz CT molecular complexity index is 1290. The lowest BCUT2D eigenvalue weighted by Gasteiger charge is -2.40. The highest BCUT2D eigenvalue weighted by Gasteiger charge is 2.34. The Morgan fingerprint density at radius 1 is 1.24 bits per heavy atom. The van der Waals surface area contributed by atoms with Crippen LogP contribution in [0.2, 0.25) is 0 Å². The molecule has 5 rings (SSSR count). The topological polar surface area (TPSA) is 89.1 Å². The van der Waals surface area contributed by atoms with Crippen molar-refractivity contribution in [2.45, 2.75) is 32.7 Å². The molecule has 1 N–H and O–H groups in total. The Labute approximate surface area is 190 Å². The molecule has 170 valence electrons. The number of nitrogens with zero attached hydrogens (tertiary/aromatic N) is 5. The van der Waals surface area contributed by atoms with Gasteiger partial charge in [-0.05, 0) is 49.4 Å². The Hall–Kier alpha value is -3.75. The van der Waals surface area contributed by atoms with Crippen LogP contribution < -0.4 is 5.32 Å². The molecular formula is C24H25FN6O2. The van der Waals surface area contributed by atoms with E-state index in [1.54, 1.807) is 18.5 Å². The SMILES string of the molecule is Cc1cccc(C(=O)N2CCCC(C)C2CNc2nc3cc(F)ccc3o2)c1-n1nccn1.